The highest BCUT2D eigenvalue weighted by atomic mass is 32.1. The predicted molar refractivity (Wildman–Crippen MR) is 138 cm³/mol. The summed E-state index contributed by atoms with van der Waals surface area (Å²) in [6.07, 6.45) is 3.38. The molecule has 1 heterocycles. The second-order valence-electron chi connectivity index (χ2n) is 8.53. The van der Waals surface area contributed by atoms with Crippen molar-refractivity contribution in [3.05, 3.63) is 89.0 Å². The van der Waals surface area contributed by atoms with Crippen molar-refractivity contribution in [2.24, 2.45) is 4.99 Å². The predicted octanol–water partition coefficient (Wildman–Crippen LogP) is 8.34. The summed E-state index contributed by atoms with van der Waals surface area (Å²) >= 11 is 1.86. The maximum atomic E-state index is 4.16. The summed E-state index contributed by atoms with van der Waals surface area (Å²) in [5.74, 6) is 0. The molecule has 0 saturated carbocycles. The molecule has 0 radical (unpaired) electrons. The van der Waals surface area contributed by atoms with Crippen molar-refractivity contribution in [3.63, 3.8) is 0 Å². The quantitative estimate of drug-likeness (QED) is 0.262. The Morgan fingerprint density at radius 2 is 1.81 bits per heavy atom. The lowest BCUT2D eigenvalue weighted by molar-refractivity contribution is 1.10. The van der Waals surface area contributed by atoms with Crippen LogP contribution in [-0.4, -0.2) is 6.72 Å². The van der Waals surface area contributed by atoms with Gasteiger partial charge in [-0.05, 0) is 94.9 Å². The van der Waals surface area contributed by atoms with E-state index < -0.39 is 0 Å². The number of fused-ring (bicyclic) bond motifs is 3. The van der Waals surface area contributed by atoms with Crippen molar-refractivity contribution in [1.82, 2.24) is 0 Å². The largest absolute Gasteiger partial charge is 0.296 e. The summed E-state index contributed by atoms with van der Waals surface area (Å²) in [7, 11) is 0. The van der Waals surface area contributed by atoms with E-state index in [1.54, 1.807) is 0 Å². The molecule has 0 atom stereocenters. The number of hydrogen-bond acceptors (Lipinski definition) is 2. The Kier molecular flexibility index (Phi) is 4.12. The Labute approximate surface area is 186 Å². The van der Waals surface area contributed by atoms with Gasteiger partial charge in [0.05, 0.1) is 6.54 Å². The Morgan fingerprint density at radius 3 is 2.68 bits per heavy atom. The zero-order valence-electron chi connectivity index (χ0n) is 17.8. The number of aryl methyl sites for hydroxylation is 1. The zero-order valence-corrected chi connectivity index (χ0v) is 18.6. The first-order chi connectivity index (χ1) is 15.2. The fourth-order valence-electron chi connectivity index (χ4n) is 5.24. The van der Waals surface area contributed by atoms with Crippen LogP contribution in [0.5, 0.6) is 0 Å². The van der Waals surface area contributed by atoms with Crippen molar-refractivity contribution in [1.29, 1.82) is 0 Å². The van der Waals surface area contributed by atoms with E-state index in [4.69, 9.17) is 0 Å². The third-order valence-corrected chi connectivity index (χ3v) is 7.81. The molecule has 6 rings (SSSR count). The summed E-state index contributed by atoms with van der Waals surface area (Å²) in [5.41, 5.74) is 9.46. The van der Waals surface area contributed by atoms with Gasteiger partial charge in [-0.2, -0.15) is 0 Å². The monoisotopic (exact) mass is 417 g/mol. The topological polar surface area (TPSA) is 12.4 Å². The van der Waals surface area contributed by atoms with Crippen molar-refractivity contribution in [3.8, 4) is 11.1 Å². The van der Waals surface area contributed by atoms with Gasteiger partial charge < -0.3 is 0 Å². The van der Waals surface area contributed by atoms with Gasteiger partial charge in [0.1, 0.15) is 0 Å². The van der Waals surface area contributed by atoms with Crippen LogP contribution in [0.1, 0.15) is 29.2 Å². The van der Waals surface area contributed by atoms with Crippen LogP contribution in [-0.2, 0) is 13.0 Å². The van der Waals surface area contributed by atoms with Gasteiger partial charge in [0.25, 0.3) is 0 Å². The lowest BCUT2D eigenvalue weighted by Gasteiger charge is -2.21. The SMILES string of the molecule is C=NCc1cccc2sc3ccc(-c4ccc5c6c(c(C)ccc46)C(C)=CC5)cc3c12. The molecular weight excluding hydrogens is 394 g/mol. The van der Waals surface area contributed by atoms with E-state index in [9.17, 15) is 0 Å². The Morgan fingerprint density at radius 1 is 0.903 bits per heavy atom. The lowest BCUT2D eigenvalue weighted by Crippen LogP contribution is -2.00. The third-order valence-electron chi connectivity index (χ3n) is 6.67. The van der Waals surface area contributed by atoms with E-state index in [0.29, 0.717) is 6.54 Å². The zero-order chi connectivity index (χ0) is 21.1. The molecule has 31 heavy (non-hydrogen) atoms. The average Bonchev–Trinajstić information content (AvgIpc) is 3.16. The summed E-state index contributed by atoms with van der Waals surface area (Å²) in [5, 5.41) is 5.44. The molecule has 0 spiro atoms. The fraction of sp³-hybridized carbons (Fsp3) is 0.138. The first kappa shape index (κ1) is 18.5. The average molecular weight is 418 g/mol. The highest BCUT2D eigenvalue weighted by molar-refractivity contribution is 7.25. The van der Waals surface area contributed by atoms with Gasteiger partial charge in [0.2, 0.25) is 0 Å². The molecular formula is C29H23NS. The molecule has 1 aliphatic rings. The van der Waals surface area contributed by atoms with Crippen molar-refractivity contribution >= 4 is 54.6 Å². The third kappa shape index (κ3) is 2.72. The van der Waals surface area contributed by atoms with Gasteiger partial charge >= 0.3 is 0 Å². The minimum atomic E-state index is 0.652. The molecule has 1 nitrogen and oxygen atoms in total. The molecule has 0 bridgehead atoms. The van der Waals surface area contributed by atoms with Crippen LogP contribution < -0.4 is 0 Å². The Bertz CT molecular complexity index is 1570. The van der Waals surface area contributed by atoms with E-state index >= 15 is 0 Å². The van der Waals surface area contributed by atoms with Crippen molar-refractivity contribution in [2.75, 3.05) is 0 Å². The molecule has 0 unspecified atom stereocenters. The van der Waals surface area contributed by atoms with Crippen LogP contribution in [0.4, 0.5) is 0 Å². The normalized spacial score (nSPS) is 13.2. The number of rotatable bonds is 3. The lowest BCUT2D eigenvalue weighted by atomic mass is 9.83. The number of benzene rings is 4. The number of allylic oxidation sites excluding steroid dienone is 2. The Hall–Kier alpha value is -3.23. The second kappa shape index (κ2) is 6.90. The number of nitrogens with zero attached hydrogens (tertiary/aromatic N) is 1. The number of aliphatic imine (C=N–C) groups is 1. The first-order valence-corrected chi connectivity index (χ1v) is 11.6. The van der Waals surface area contributed by atoms with Gasteiger partial charge in [-0.3, -0.25) is 4.99 Å². The van der Waals surface area contributed by atoms with Gasteiger partial charge in [-0.25, -0.2) is 0 Å². The van der Waals surface area contributed by atoms with E-state index in [1.807, 2.05) is 11.3 Å². The standard InChI is InChI=1S/C29H23NS/c1-17-7-9-19-10-13-22(23-12-8-18(2)27(17)29(19)23)20-11-14-25-24(15-20)28-21(16-30-3)5-4-6-26(28)31-25/h4-8,10-15H,3,9,16H2,1-2H3. The molecule has 1 aliphatic carbocycles. The molecule has 0 fully saturated rings. The molecule has 2 heteroatoms. The molecule has 5 aromatic rings. The summed E-state index contributed by atoms with van der Waals surface area (Å²) < 4.78 is 2.65. The fourth-order valence-corrected chi connectivity index (χ4v) is 6.37. The number of thiophene rings is 1. The molecule has 0 saturated heterocycles. The molecule has 150 valence electrons. The van der Waals surface area contributed by atoms with Gasteiger partial charge in [-0.1, -0.05) is 48.5 Å². The highest BCUT2D eigenvalue weighted by Crippen LogP contribution is 2.42. The maximum Gasteiger partial charge on any atom is 0.0639 e. The van der Waals surface area contributed by atoms with E-state index in [0.717, 1.165) is 6.42 Å². The summed E-state index contributed by atoms with van der Waals surface area (Å²) in [6.45, 7) is 8.85. The molecule has 0 amide bonds. The van der Waals surface area contributed by atoms with Crippen LogP contribution in [0.15, 0.2) is 71.7 Å². The van der Waals surface area contributed by atoms with Gasteiger partial charge in [0.15, 0.2) is 0 Å². The molecule has 0 N–H and O–H groups in total. The van der Waals surface area contributed by atoms with Crippen LogP contribution >= 0.6 is 11.3 Å². The van der Waals surface area contributed by atoms with E-state index in [-0.39, 0.29) is 0 Å². The van der Waals surface area contributed by atoms with E-state index in [1.165, 1.54) is 69.9 Å². The van der Waals surface area contributed by atoms with Crippen LogP contribution in [0.2, 0.25) is 0 Å². The van der Waals surface area contributed by atoms with Gasteiger partial charge in [0, 0.05) is 20.2 Å². The van der Waals surface area contributed by atoms with Gasteiger partial charge in [-0.15, -0.1) is 11.3 Å². The maximum absolute atomic E-state index is 4.16. The molecule has 0 aliphatic heterocycles. The van der Waals surface area contributed by atoms with Crippen LogP contribution in [0.3, 0.4) is 0 Å². The van der Waals surface area contributed by atoms with Crippen molar-refractivity contribution in [2.45, 2.75) is 26.8 Å². The summed E-state index contributed by atoms with van der Waals surface area (Å²) in [4.78, 5) is 4.16. The van der Waals surface area contributed by atoms with Crippen LogP contribution in [0, 0.1) is 6.92 Å². The minimum Gasteiger partial charge on any atom is -0.296 e. The van der Waals surface area contributed by atoms with E-state index in [2.05, 4.69) is 92.3 Å². The van der Waals surface area contributed by atoms with Crippen LogP contribution in [0.25, 0.3) is 47.6 Å². The first-order valence-electron chi connectivity index (χ1n) is 10.7. The molecule has 1 aromatic heterocycles. The smallest absolute Gasteiger partial charge is 0.0639 e. The number of hydrogen-bond donors (Lipinski definition) is 0. The summed E-state index contributed by atoms with van der Waals surface area (Å²) in [6, 6.07) is 22.7. The Balaban J connectivity index is 1.65. The minimum absolute atomic E-state index is 0.652. The van der Waals surface area contributed by atoms with Crippen molar-refractivity contribution < 1.29 is 0 Å². The molecule has 4 aromatic carbocycles. The highest BCUT2D eigenvalue weighted by Gasteiger charge is 2.18. The second-order valence-corrected chi connectivity index (χ2v) is 9.61.